The van der Waals surface area contributed by atoms with Crippen molar-refractivity contribution in [3.63, 3.8) is 0 Å². The largest absolute Gasteiger partial charge is 0.0628 e. The second-order valence-corrected chi connectivity index (χ2v) is 21.7. The first-order chi connectivity index (χ1) is 29.2. The van der Waals surface area contributed by atoms with Gasteiger partial charge in [0.1, 0.15) is 0 Å². The molecule has 0 fully saturated rings. The lowest BCUT2D eigenvalue weighted by Crippen LogP contribution is -2.26. The summed E-state index contributed by atoms with van der Waals surface area (Å²) in [5.41, 5.74) is 23.0. The molecule has 0 N–H and O–H groups in total. The van der Waals surface area contributed by atoms with Gasteiger partial charge >= 0.3 is 0 Å². The van der Waals surface area contributed by atoms with Gasteiger partial charge in [-0.2, -0.15) is 0 Å². The zero-order chi connectivity index (χ0) is 42.8. The molecule has 0 radical (unpaired) electrons. The maximum absolute atomic E-state index is 2.60. The van der Waals surface area contributed by atoms with E-state index in [9.17, 15) is 0 Å². The average Bonchev–Trinajstić information content (AvgIpc) is 3.78. The van der Waals surface area contributed by atoms with Crippen LogP contribution in [0, 0.1) is 23.7 Å². The Bertz CT molecular complexity index is 2380. The van der Waals surface area contributed by atoms with E-state index in [2.05, 4.69) is 191 Å². The van der Waals surface area contributed by atoms with Gasteiger partial charge in [-0.3, -0.25) is 0 Å². The van der Waals surface area contributed by atoms with Gasteiger partial charge < -0.3 is 0 Å². The first-order valence-corrected chi connectivity index (χ1v) is 24.0. The van der Waals surface area contributed by atoms with Crippen molar-refractivity contribution in [1.29, 1.82) is 0 Å². The standard InChI is InChI=1S/C61H70/c1-39(2)27-31-60(32-28-40(3)4)53-17-13-11-15-47(53)51-25-21-45(37-57(51)60)43-19-23-49-50-24-20-44(36-56(50)59(9,10)55(49)35-43)46-22-26-52-48-16-12-14-18-54(48)61(58(52)38-46,33-29-41(5)6)34-30-42(7)8/h11-26,35-42H,27-34H2,1-10H3. The van der Waals surface area contributed by atoms with E-state index in [1.807, 2.05) is 0 Å². The average molecular weight is 803 g/mol. The van der Waals surface area contributed by atoms with Crippen LogP contribution in [-0.4, -0.2) is 0 Å². The van der Waals surface area contributed by atoms with Gasteiger partial charge in [0.2, 0.25) is 0 Å². The highest BCUT2D eigenvalue weighted by Gasteiger charge is 2.44. The highest BCUT2D eigenvalue weighted by molar-refractivity contribution is 5.89. The van der Waals surface area contributed by atoms with Crippen LogP contribution in [0.4, 0.5) is 0 Å². The van der Waals surface area contributed by atoms with Crippen LogP contribution in [0.3, 0.4) is 0 Å². The Morgan fingerprint density at radius 3 is 0.885 bits per heavy atom. The molecule has 0 heteroatoms. The number of hydrogen-bond acceptors (Lipinski definition) is 0. The van der Waals surface area contributed by atoms with E-state index in [4.69, 9.17) is 0 Å². The van der Waals surface area contributed by atoms with Crippen LogP contribution in [0.25, 0.3) is 55.6 Å². The summed E-state index contributed by atoms with van der Waals surface area (Å²) in [7, 11) is 0. The van der Waals surface area contributed by atoms with Gasteiger partial charge in [0.15, 0.2) is 0 Å². The smallest absolute Gasteiger partial charge is 0.0215 e. The summed E-state index contributed by atoms with van der Waals surface area (Å²) in [4.78, 5) is 0. The molecule has 0 atom stereocenters. The Hall–Kier alpha value is -4.68. The van der Waals surface area contributed by atoms with Gasteiger partial charge in [0.25, 0.3) is 0 Å². The van der Waals surface area contributed by atoms with Gasteiger partial charge in [-0.25, -0.2) is 0 Å². The molecule has 6 aromatic carbocycles. The maximum atomic E-state index is 2.60. The topological polar surface area (TPSA) is 0 Å². The van der Waals surface area contributed by atoms with Crippen molar-refractivity contribution >= 4 is 0 Å². The van der Waals surface area contributed by atoms with Crippen LogP contribution in [0.1, 0.15) is 154 Å². The third-order valence-corrected chi connectivity index (χ3v) is 15.5. The predicted octanol–water partition coefficient (Wildman–Crippen LogP) is 17.6. The molecule has 6 aromatic rings. The molecular weight excluding hydrogens is 733 g/mol. The van der Waals surface area contributed by atoms with E-state index in [0.29, 0.717) is 23.7 Å². The van der Waals surface area contributed by atoms with Crippen LogP contribution in [-0.2, 0) is 16.2 Å². The lowest BCUT2D eigenvalue weighted by molar-refractivity contribution is 0.364. The van der Waals surface area contributed by atoms with E-state index in [1.54, 1.807) is 22.3 Å². The van der Waals surface area contributed by atoms with E-state index in [-0.39, 0.29) is 16.2 Å². The van der Waals surface area contributed by atoms with Crippen molar-refractivity contribution in [1.82, 2.24) is 0 Å². The zero-order valence-corrected chi connectivity index (χ0v) is 39.0. The minimum atomic E-state index is -0.118. The molecule has 0 saturated carbocycles. The summed E-state index contributed by atoms with van der Waals surface area (Å²) in [6.45, 7) is 24.0. The highest BCUT2D eigenvalue weighted by atomic mass is 14.5. The lowest BCUT2D eigenvalue weighted by Gasteiger charge is -2.34. The van der Waals surface area contributed by atoms with E-state index >= 15 is 0 Å². The van der Waals surface area contributed by atoms with Gasteiger partial charge in [-0.15, -0.1) is 0 Å². The van der Waals surface area contributed by atoms with Crippen molar-refractivity contribution in [3.8, 4) is 55.6 Å². The molecular formula is C61H70. The summed E-state index contributed by atoms with van der Waals surface area (Å²) in [6.07, 6.45) is 9.75. The van der Waals surface area contributed by atoms with Crippen LogP contribution in [0.15, 0.2) is 121 Å². The van der Waals surface area contributed by atoms with Gasteiger partial charge in [-0.1, -0.05) is 166 Å². The third kappa shape index (κ3) is 7.05. The molecule has 0 aromatic heterocycles. The summed E-state index contributed by atoms with van der Waals surface area (Å²) in [6, 6.07) is 48.3. The van der Waals surface area contributed by atoms with Crippen LogP contribution in [0.2, 0.25) is 0 Å². The fourth-order valence-corrected chi connectivity index (χ4v) is 11.8. The Morgan fingerprint density at radius 2 is 0.574 bits per heavy atom. The number of rotatable bonds is 14. The van der Waals surface area contributed by atoms with Crippen molar-refractivity contribution in [2.24, 2.45) is 23.7 Å². The molecule has 3 aliphatic carbocycles. The third-order valence-electron chi connectivity index (χ3n) is 15.5. The van der Waals surface area contributed by atoms with Crippen LogP contribution in [0.5, 0.6) is 0 Å². The summed E-state index contributed by atoms with van der Waals surface area (Å²) in [5.74, 6) is 2.70. The number of benzene rings is 6. The summed E-state index contributed by atoms with van der Waals surface area (Å²) >= 11 is 0. The zero-order valence-electron chi connectivity index (χ0n) is 39.0. The van der Waals surface area contributed by atoms with E-state index in [0.717, 1.165) is 0 Å². The van der Waals surface area contributed by atoms with Gasteiger partial charge in [-0.05, 0) is 188 Å². The second-order valence-electron chi connectivity index (χ2n) is 21.7. The second kappa shape index (κ2) is 15.9. The van der Waals surface area contributed by atoms with E-state index < -0.39 is 0 Å². The Morgan fingerprint density at radius 1 is 0.311 bits per heavy atom. The molecule has 9 rings (SSSR count). The first-order valence-electron chi connectivity index (χ1n) is 24.0. The van der Waals surface area contributed by atoms with Crippen molar-refractivity contribution < 1.29 is 0 Å². The fourth-order valence-electron chi connectivity index (χ4n) is 11.8. The summed E-state index contributed by atoms with van der Waals surface area (Å²) < 4.78 is 0. The Balaban J connectivity index is 1.09. The van der Waals surface area contributed by atoms with Crippen molar-refractivity contribution in [3.05, 3.63) is 155 Å². The molecule has 0 nitrogen and oxygen atoms in total. The van der Waals surface area contributed by atoms with Gasteiger partial charge in [0.05, 0.1) is 0 Å². The van der Waals surface area contributed by atoms with Crippen LogP contribution >= 0.6 is 0 Å². The summed E-state index contributed by atoms with van der Waals surface area (Å²) in [5, 5.41) is 0. The molecule has 314 valence electrons. The first kappa shape index (κ1) is 41.7. The Labute approximate surface area is 369 Å². The highest BCUT2D eigenvalue weighted by Crippen LogP contribution is 2.58. The molecule has 0 spiro atoms. The normalized spacial score (nSPS) is 15.9. The van der Waals surface area contributed by atoms with Crippen LogP contribution < -0.4 is 0 Å². The molecule has 0 saturated heterocycles. The Kier molecular flexibility index (Phi) is 10.9. The SMILES string of the molecule is CC(C)CCC1(CCC(C)C)c2ccccc2-c2ccc(-c3ccc4c(c3)C(C)(C)c3cc(-c5ccc6c(c5)C(CCC(C)C)(CCC(C)C)c5ccccc5-6)ccc3-4)cc21. The predicted molar refractivity (Wildman–Crippen MR) is 264 cm³/mol. The quantitative estimate of drug-likeness (QED) is 0.103. The maximum Gasteiger partial charge on any atom is 0.0215 e. The number of hydrogen-bond donors (Lipinski definition) is 0. The van der Waals surface area contributed by atoms with Crippen molar-refractivity contribution in [2.75, 3.05) is 0 Å². The fraction of sp³-hybridized carbons (Fsp3) is 0.410. The number of fused-ring (bicyclic) bond motifs is 9. The molecule has 0 amide bonds. The molecule has 0 unspecified atom stereocenters. The minimum absolute atomic E-state index is 0.0575. The molecule has 0 aliphatic heterocycles. The monoisotopic (exact) mass is 803 g/mol. The molecule has 0 heterocycles. The molecule has 61 heavy (non-hydrogen) atoms. The minimum Gasteiger partial charge on any atom is -0.0628 e. The van der Waals surface area contributed by atoms with Crippen molar-refractivity contribution in [2.45, 2.75) is 137 Å². The molecule has 0 bridgehead atoms. The van der Waals surface area contributed by atoms with E-state index in [1.165, 1.54) is 118 Å². The molecule has 3 aliphatic rings. The lowest BCUT2D eigenvalue weighted by atomic mass is 9.69. The van der Waals surface area contributed by atoms with Gasteiger partial charge in [0, 0.05) is 16.2 Å².